The molecule has 1 rings (SSSR count). The van der Waals surface area contributed by atoms with E-state index in [0.717, 1.165) is 5.56 Å². The van der Waals surface area contributed by atoms with Crippen molar-refractivity contribution >= 4 is 17.3 Å². The van der Waals surface area contributed by atoms with E-state index in [0.29, 0.717) is 12.2 Å². The van der Waals surface area contributed by atoms with Gasteiger partial charge >= 0.3 is 5.97 Å². The molecule has 7 heteroatoms. The Labute approximate surface area is 104 Å². The molecule has 0 radical (unpaired) electrons. The number of rotatable bonds is 7. The zero-order chi connectivity index (χ0) is 13.5. The van der Waals surface area contributed by atoms with Crippen LogP contribution in [0, 0.1) is 17.0 Å². The summed E-state index contributed by atoms with van der Waals surface area (Å²) >= 11 is 0. The molecule has 1 aromatic carbocycles. The number of aryl methyl sites for hydroxylation is 1. The van der Waals surface area contributed by atoms with Gasteiger partial charge in [-0.15, -0.1) is 0 Å². The largest absolute Gasteiger partial charge is 0.480 e. The van der Waals surface area contributed by atoms with E-state index in [1.165, 1.54) is 6.07 Å². The van der Waals surface area contributed by atoms with Gasteiger partial charge in [0.1, 0.15) is 12.3 Å². The Morgan fingerprint density at radius 3 is 2.89 bits per heavy atom. The minimum absolute atomic E-state index is 0.00626. The molecule has 0 saturated heterocycles. The van der Waals surface area contributed by atoms with Gasteiger partial charge < -0.3 is 15.2 Å². The number of nitro benzene ring substituents is 1. The predicted octanol–water partition coefficient (Wildman–Crippen LogP) is 1.42. The summed E-state index contributed by atoms with van der Waals surface area (Å²) in [6.07, 6.45) is 0. The molecule has 2 N–H and O–H groups in total. The number of carboxylic acids is 1. The molecule has 0 unspecified atom stereocenters. The second kappa shape index (κ2) is 6.55. The molecule has 0 aromatic heterocycles. The van der Waals surface area contributed by atoms with Gasteiger partial charge in [-0.3, -0.25) is 10.1 Å². The Hall–Kier alpha value is -2.15. The highest BCUT2D eigenvalue weighted by molar-refractivity contribution is 5.68. The Morgan fingerprint density at radius 2 is 2.28 bits per heavy atom. The molecule has 0 aliphatic rings. The fraction of sp³-hybridized carbons (Fsp3) is 0.364. The van der Waals surface area contributed by atoms with Crippen LogP contribution in [0.25, 0.3) is 0 Å². The van der Waals surface area contributed by atoms with Gasteiger partial charge in [-0.1, -0.05) is 12.1 Å². The molecule has 0 aliphatic heterocycles. The van der Waals surface area contributed by atoms with E-state index >= 15 is 0 Å². The number of aliphatic carboxylic acids is 1. The topological polar surface area (TPSA) is 102 Å². The summed E-state index contributed by atoms with van der Waals surface area (Å²) < 4.78 is 4.83. The van der Waals surface area contributed by atoms with Crippen LogP contribution in [-0.2, 0) is 9.53 Å². The number of nitrogens with one attached hydrogen (secondary N) is 1. The van der Waals surface area contributed by atoms with Gasteiger partial charge in [0.05, 0.1) is 11.5 Å². The molecule has 0 heterocycles. The zero-order valence-corrected chi connectivity index (χ0v) is 9.88. The number of ether oxygens (including phenoxy) is 1. The zero-order valence-electron chi connectivity index (χ0n) is 9.88. The molecular formula is C11H14N2O5. The van der Waals surface area contributed by atoms with E-state index in [1.807, 2.05) is 0 Å². The molecule has 0 spiro atoms. The predicted molar refractivity (Wildman–Crippen MR) is 64.8 cm³/mol. The lowest BCUT2D eigenvalue weighted by molar-refractivity contribution is -0.384. The van der Waals surface area contributed by atoms with E-state index in [-0.39, 0.29) is 18.9 Å². The first-order chi connectivity index (χ1) is 8.52. The Balaban J connectivity index is 2.56. The van der Waals surface area contributed by atoms with E-state index in [4.69, 9.17) is 9.84 Å². The molecule has 0 amide bonds. The van der Waals surface area contributed by atoms with Crippen molar-refractivity contribution in [2.24, 2.45) is 0 Å². The van der Waals surface area contributed by atoms with E-state index in [2.05, 4.69) is 5.32 Å². The number of hydrogen-bond donors (Lipinski definition) is 2. The molecule has 0 atom stereocenters. The first kappa shape index (κ1) is 13.9. The normalized spacial score (nSPS) is 10.1. The smallest absolute Gasteiger partial charge is 0.329 e. The first-order valence-electron chi connectivity index (χ1n) is 5.29. The monoisotopic (exact) mass is 254 g/mol. The minimum atomic E-state index is -1.04. The van der Waals surface area contributed by atoms with Crippen LogP contribution in [0.5, 0.6) is 0 Å². The van der Waals surface area contributed by atoms with Crippen molar-refractivity contribution in [2.45, 2.75) is 6.92 Å². The third-order valence-corrected chi connectivity index (χ3v) is 2.22. The van der Waals surface area contributed by atoms with Crippen molar-refractivity contribution in [2.75, 3.05) is 25.1 Å². The minimum Gasteiger partial charge on any atom is -0.480 e. The van der Waals surface area contributed by atoms with Gasteiger partial charge in [0.25, 0.3) is 5.69 Å². The van der Waals surface area contributed by atoms with Crippen LogP contribution < -0.4 is 5.32 Å². The maximum Gasteiger partial charge on any atom is 0.329 e. The summed E-state index contributed by atoms with van der Waals surface area (Å²) in [5.41, 5.74) is 1.18. The summed E-state index contributed by atoms with van der Waals surface area (Å²) in [5.74, 6) is -1.04. The lowest BCUT2D eigenvalue weighted by Gasteiger charge is -2.09. The Morgan fingerprint density at radius 1 is 1.56 bits per heavy atom. The molecule has 0 fully saturated rings. The molecule has 0 aliphatic carbocycles. The number of para-hydroxylation sites is 1. The first-order valence-corrected chi connectivity index (χ1v) is 5.29. The Bertz CT molecular complexity index is 447. The standard InChI is InChI=1S/C11H14N2O5/c1-8-3-2-4-9(13(16)17)11(8)12-5-6-18-7-10(14)15/h2-4,12H,5-7H2,1H3,(H,14,15). The number of benzene rings is 1. The van der Waals surface area contributed by atoms with E-state index < -0.39 is 10.9 Å². The molecule has 0 saturated carbocycles. The highest BCUT2D eigenvalue weighted by atomic mass is 16.6. The average Bonchev–Trinajstić information content (AvgIpc) is 2.29. The van der Waals surface area contributed by atoms with Crippen molar-refractivity contribution in [3.05, 3.63) is 33.9 Å². The van der Waals surface area contributed by atoms with Crippen molar-refractivity contribution in [3.63, 3.8) is 0 Å². The van der Waals surface area contributed by atoms with Crippen LogP contribution in [0.3, 0.4) is 0 Å². The van der Waals surface area contributed by atoms with Gasteiger partial charge in [-0.05, 0) is 12.5 Å². The summed E-state index contributed by atoms with van der Waals surface area (Å²) in [6.45, 7) is 1.85. The van der Waals surface area contributed by atoms with Gasteiger partial charge in [0, 0.05) is 12.6 Å². The highest BCUT2D eigenvalue weighted by Gasteiger charge is 2.14. The third kappa shape index (κ3) is 4.02. The van der Waals surface area contributed by atoms with Crippen LogP contribution in [0.1, 0.15) is 5.56 Å². The molecule has 7 nitrogen and oxygen atoms in total. The summed E-state index contributed by atoms with van der Waals surface area (Å²) in [4.78, 5) is 20.5. The second-order valence-electron chi connectivity index (χ2n) is 3.60. The van der Waals surface area contributed by atoms with E-state index in [1.54, 1.807) is 19.1 Å². The summed E-state index contributed by atoms with van der Waals surface area (Å²) in [7, 11) is 0. The number of hydrogen-bond acceptors (Lipinski definition) is 5. The summed E-state index contributed by atoms with van der Waals surface area (Å²) in [5, 5.41) is 22.0. The van der Waals surface area contributed by atoms with Crippen LogP contribution in [0.15, 0.2) is 18.2 Å². The molecule has 0 bridgehead atoms. The SMILES string of the molecule is Cc1cccc([N+](=O)[O-])c1NCCOCC(=O)O. The van der Waals surface area contributed by atoms with Crippen molar-refractivity contribution in [3.8, 4) is 0 Å². The van der Waals surface area contributed by atoms with Crippen LogP contribution in [0.4, 0.5) is 11.4 Å². The number of carbonyl (C=O) groups is 1. The third-order valence-electron chi connectivity index (χ3n) is 2.22. The fourth-order valence-corrected chi connectivity index (χ4v) is 1.44. The van der Waals surface area contributed by atoms with Crippen LogP contribution in [-0.4, -0.2) is 35.8 Å². The quantitative estimate of drug-likeness (QED) is 0.433. The molecular weight excluding hydrogens is 240 g/mol. The van der Waals surface area contributed by atoms with Gasteiger partial charge in [0.15, 0.2) is 0 Å². The van der Waals surface area contributed by atoms with Gasteiger partial charge in [0.2, 0.25) is 0 Å². The van der Waals surface area contributed by atoms with E-state index in [9.17, 15) is 14.9 Å². The maximum absolute atomic E-state index is 10.8. The molecule has 18 heavy (non-hydrogen) atoms. The number of carboxylic acid groups (broad SMARTS) is 1. The number of nitro groups is 1. The highest BCUT2D eigenvalue weighted by Crippen LogP contribution is 2.27. The van der Waals surface area contributed by atoms with Crippen molar-refractivity contribution in [1.29, 1.82) is 0 Å². The molecule has 98 valence electrons. The lowest BCUT2D eigenvalue weighted by atomic mass is 10.1. The van der Waals surface area contributed by atoms with Gasteiger partial charge in [-0.25, -0.2) is 4.79 Å². The average molecular weight is 254 g/mol. The summed E-state index contributed by atoms with van der Waals surface area (Å²) in [6, 6.07) is 4.78. The maximum atomic E-state index is 10.8. The van der Waals surface area contributed by atoms with Crippen molar-refractivity contribution in [1.82, 2.24) is 0 Å². The number of nitrogens with zero attached hydrogens (tertiary/aromatic N) is 1. The van der Waals surface area contributed by atoms with Crippen LogP contribution >= 0.6 is 0 Å². The van der Waals surface area contributed by atoms with Crippen molar-refractivity contribution < 1.29 is 19.6 Å². The molecule has 1 aromatic rings. The second-order valence-corrected chi connectivity index (χ2v) is 3.60. The van der Waals surface area contributed by atoms with Crippen LogP contribution in [0.2, 0.25) is 0 Å². The van der Waals surface area contributed by atoms with Gasteiger partial charge in [-0.2, -0.15) is 0 Å². The lowest BCUT2D eigenvalue weighted by Crippen LogP contribution is -2.15. The number of anilines is 1. The Kier molecular flexibility index (Phi) is 5.06. The fourth-order valence-electron chi connectivity index (χ4n) is 1.44.